The number of carbonyl (C=O) groups is 2. The van der Waals surface area contributed by atoms with Crippen LogP contribution in [-0.4, -0.2) is 73.4 Å². The highest BCUT2D eigenvalue weighted by Gasteiger charge is 2.33. The smallest absolute Gasteiger partial charge is 0.242 e. The third-order valence-corrected chi connectivity index (χ3v) is 9.46. The molecule has 0 aromatic heterocycles. The fraction of sp³-hybridized carbons (Fsp3) is 0.355. The van der Waals surface area contributed by atoms with E-state index in [1.165, 1.54) is 35.6 Å². The number of ether oxygens (including phenoxy) is 1. The summed E-state index contributed by atoms with van der Waals surface area (Å²) >= 11 is 5.95. The van der Waals surface area contributed by atoms with Crippen molar-refractivity contribution in [3.63, 3.8) is 0 Å². The average molecular weight is 614 g/mol. The Morgan fingerprint density at radius 3 is 2.50 bits per heavy atom. The Kier molecular flexibility index (Phi) is 10.3. The van der Waals surface area contributed by atoms with Gasteiger partial charge in [-0.3, -0.25) is 9.59 Å². The maximum Gasteiger partial charge on any atom is 0.242 e. The molecule has 2 amide bonds. The summed E-state index contributed by atoms with van der Waals surface area (Å²) in [7, 11) is -2.37. The van der Waals surface area contributed by atoms with Crippen LogP contribution in [0.1, 0.15) is 25.0 Å². The van der Waals surface area contributed by atoms with Crippen molar-refractivity contribution in [3.05, 3.63) is 88.9 Å². The van der Waals surface area contributed by atoms with Gasteiger partial charge in [0.05, 0.1) is 36.9 Å². The summed E-state index contributed by atoms with van der Waals surface area (Å²) in [5.74, 6) is -0.268. The monoisotopic (exact) mass is 613 g/mol. The molecule has 224 valence electrons. The van der Waals surface area contributed by atoms with E-state index in [4.69, 9.17) is 16.3 Å². The molecule has 0 unspecified atom stereocenters. The zero-order valence-electron chi connectivity index (χ0n) is 23.9. The fourth-order valence-electron chi connectivity index (χ4n) is 4.85. The van der Waals surface area contributed by atoms with E-state index in [2.05, 4.69) is 5.32 Å². The van der Waals surface area contributed by atoms with Crippen LogP contribution in [0.15, 0.2) is 77.7 Å². The summed E-state index contributed by atoms with van der Waals surface area (Å²) < 4.78 is 34.3. The number of hydrogen-bond acceptors (Lipinski definition) is 6. The van der Waals surface area contributed by atoms with Gasteiger partial charge in [0.25, 0.3) is 0 Å². The lowest BCUT2D eigenvalue weighted by atomic mass is 10.0. The number of amides is 2. The van der Waals surface area contributed by atoms with Crippen molar-refractivity contribution in [1.82, 2.24) is 9.21 Å². The van der Waals surface area contributed by atoms with Gasteiger partial charge in [0.1, 0.15) is 11.9 Å². The predicted octanol–water partition coefficient (Wildman–Crippen LogP) is 3.99. The quantitative estimate of drug-likeness (QED) is 0.377. The number of fused-ring (bicyclic) bond motifs is 1. The highest BCUT2D eigenvalue weighted by atomic mass is 35.5. The van der Waals surface area contributed by atoms with E-state index >= 15 is 0 Å². The first-order valence-electron chi connectivity index (χ1n) is 13.7. The van der Waals surface area contributed by atoms with Crippen molar-refractivity contribution >= 4 is 39.1 Å². The molecule has 0 bridgehead atoms. The number of halogens is 1. The number of aliphatic hydroxyl groups excluding tert-OH is 1. The van der Waals surface area contributed by atoms with Crippen molar-refractivity contribution < 1.29 is 27.9 Å². The molecule has 3 atom stereocenters. The number of sulfonamides is 1. The number of anilines is 1. The predicted molar refractivity (Wildman–Crippen MR) is 162 cm³/mol. The van der Waals surface area contributed by atoms with Gasteiger partial charge in [-0.05, 0) is 55.0 Å². The molecule has 3 aromatic rings. The van der Waals surface area contributed by atoms with Gasteiger partial charge in [-0.1, -0.05) is 48.9 Å². The first kappa shape index (κ1) is 31.5. The second kappa shape index (κ2) is 13.7. The second-order valence-electron chi connectivity index (χ2n) is 10.7. The van der Waals surface area contributed by atoms with Crippen molar-refractivity contribution in [2.24, 2.45) is 5.92 Å². The molecule has 0 radical (unpaired) electrons. The summed E-state index contributed by atoms with van der Waals surface area (Å²) in [6.45, 7) is 3.69. The van der Waals surface area contributed by atoms with Gasteiger partial charge in [-0.15, -0.1) is 0 Å². The minimum absolute atomic E-state index is 0.0106. The normalized spacial score (nSPS) is 18.3. The third kappa shape index (κ3) is 7.69. The molecule has 0 saturated heterocycles. The van der Waals surface area contributed by atoms with Crippen molar-refractivity contribution in [1.29, 1.82) is 0 Å². The molecule has 2 N–H and O–H groups in total. The van der Waals surface area contributed by atoms with E-state index in [0.717, 1.165) is 5.56 Å². The fourth-order valence-corrected chi connectivity index (χ4v) is 6.16. The molecule has 42 heavy (non-hydrogen) atoms. The minimum Gasteiger partial charge on any atom is -0.488 e. The first-order valence-corrected chi connectivity index (χ1v) is 15.5. The van der Waals surface area contributed by atoms with E-state index < -0.39 is 22.2 Å². The topological polar surface area (TPSA) is 116 Å². The summed E-state index contributed by atoms with van der Waals surface area (Å²) in [6.07, 6.45) is -0.447. The largest absolute Gasteiger partial charge is 0.488 e. The van der Waals surface area contributed by atoms with Gasteiger partial charge in [0, 0.05) is 35.8 Å². The number of carbonyl (C=O) groups excluding carboxylic acids is 2. The molecule has 0 aliphatic carbocycles. The number of nitrogens with zero attached hydrogens (tertiary/aromatic N) is 2. The zero-order chi connectivity index (χ0) is 30.4. The summed E-state index contributed by atoms with van der Waals surface area (Å²) in [4.78, 5) is 27.9. The number of hydrogen-bond donors (Lipinski definition) is 2. The summed E-state index contributed by atoms with van der Waals surface area (Å²) in [5, 5.41) is 13.2. The van der Waals surface area contributed by atoms with Gasteiger partial charge in [0.2, 0.25) is 21.8 Å². The summed E-state index contributed by atoms with van der Waals surface area (Å²) in [5.41, 5.74) is 1.94. The van der Waals surface area contributed by atoms with E-state index in [0.29, 0.717) is 22.0 Å². The Morgan fingerprint density at radius 2 is 1.83 bits per heavy atom. The van der Waals surface area contributed by atoms with Gasteiger partial charge in [-0.2, -0.15) is 4.31 Å². The molecule has 0 saturated carbocycles. The molecule has 1 aliphatic heterocycles. The van der Waals surface area contributed by atoms with Crippen LogP contribution >= 0.6 is 11.6 Å². The van der Waals surface area contributed by atoms with Crippen LogP contribution in [-0.2, 0) is 32.5 Å². The second-order valence-corrected chi connectivity index (χ2v) is 13.1. The number of likely N-dealkylation sites (N-methyl/N-ethyl adjacent to an activating group) is 1. The highest BCUT2D eigenvalue weighted by molar-refractivity contribution is 7.89. The van der Waals surface area contributed by atoms with Crippen LogP contribution in [0.2, 0.25) is 5.02 Å². The van der Waals surface area contributed by atoms with E-state index in [9.17, 15) is 23.1 Å². The number of rotatable bonds is 9. The lowest BCUT2D eigenvalue weighted by Gasteiger charge is -2.33. The van der Waals surface area contributed by atoms with Crippen molar-refractivity contribution in [3.8, 4) is 5.75 Å². The molecule has 11 heteroatoms. The molecule has 9 nitrogen and oxygen atoms in total. The highest BCUT2D eigenvalue weighted by Crippen LogP contribution is 2.30. The molecule has 0 fully saturated rings. The average Bonchev–Trinajstić information content (AvgIpc) is 3.00. The zero-order valence-corrected chi connectivity index (χ0v) is 25.4. The Bertz CT molecular complexity index is 1500. The van der Waals surface area contributed by atoms with Crippen molar-refractivity contribution in [2.75, 3.05) is 32.1 Å². The molecular weight excluding hydrogens is 578 g/mol. The van der Waals surface area contributed by atoms with Gasteiger partial charge < -0.3 is 20.1 Å². The first-order chi connectivity index (χ1) is 20.0. The molecule has 1 aliphatic rings. The SMILES string of the molecule is C[C@@H]1CN([C@@H](C)CO)C(=O)Cc2cc(NC(=O)Cc3ccccc3)ccc2O[C@H]1CN(C)S(=O)(=O)c1ccc(Cl)cc1. The standard InChI is InChI=1S/C31H36ClN3O6S/c1-21-18-35(22(2)20-36)31(38)17-24-16-26(33-30(37)15-23-7-5-4-6-8-23)11-14-28(24)41-29(21)19-34(3)42(39,40)27-12-9-25(32)10-13-27/h4-14,16,21-22,29,36H,15,17-20H2,1-3H3,(H,33,37)/t21-,22+,29+/m1/s1. The van der Waals surface area contributed by atoms with Crippen LogP contribution in [0.25, 0.3) is 0 Å². The van der Waals surface area contributed by atoms with Gasteiger partial charge >= 0.3 is 0 Å². The van der Waals surface area contributed by atoms with Crippen LogP contribution in [0.4, 0.5) is 5.69 Å². The Morgan fingerprint density at radius 1 is 1.14 bits per heavy atom. The van der Waals surface area contributed by atoms with Crippen LogP contribution in [0, 0.1) is 5.92 Å². The van der Waals surface area contributed by atoms with E-state index in [1.54, 1.807) is 30.0 Å². The Hall–Kier alpha value is -3.44. The summed E-state index contributed by atoms with van der Waals surface area (Å²) in [6, 6.07) is 20.0. The number of nitrogens with one attached hydrogen (secondary N) is 1. The number of benzene rings is 3. The molecule has 3 aromatic carbocycles. The maximum atomic E-state index is 13.5. The Balaban J connectivity index is 1.62. The lowest BCUT2D eigenvalue weighted by Crippen LogP contribution is -2.48. The lowest BCUT2D eigenvalue weighted by molar-refractivity contribution is -0.134. The molecular formula is C31H36ClN3O6S. The minimum atomic E-state index is -3.85. The number of aliphatic hydroxyl groups is 1. The van der Waals surface area contributed by atoms with Crippen LogP contribution in [0.3, 0.4) is 0 Å². The maximum absolute atomic E-state index is 13.5. The van der Waals surface area contributed by atoms with E-state index in [-0.39, 0.29) is 55.2 Å². The van der Waals surface area contributed by atoms with Gasteiger partial charge in [-0.25, -0.2) is 8.42 Å². The Labute approximate surface area is 252 Å². The van der Waals surface area contributed by atoms with Crippen LogP contribution in [0.5, 0.6) is 5.75 Å². The van der Waals surface area contributed by atoms with Crippen molar-refractivity contribution in [2.45, 2.75) is 43.7 Å². The third-order valence-electron chi connectivity index (χ3n) is 7.37. The van der Waals surface area contributed by atoms with Gasteiger partial charge in [0.15, 0.2) is 0 Å². The van der Waals surface area contributed by atoms with Crippen LogP contribution < -0.4 is 10.1 Å². The van der Waals surface area contributed by atoms with E-state index in [1.807, 2.05) is 37.3 Å². The molecule has 4 rings (SSSR count). The molecule has 0 spiro atoms. The molecule has 1 heterocycles.